The average molecular weight is 391 g/mol. The molecule has 0 spiro atoms. The second-order valence-corrected chi connectivity index (χ2v) is 6.35. The van der Waals surface area contributed by atoms with Crippen molar-refractivity contribution in [3.05, 3.63) is 58.6 Å². The van der Waals surface area contributed by atoms with Gasteiger partial charge in [-0.2, -0.15) is 0 Å². The number of rotatable bonds is 8. The predicted molar refractivity (Wildman–Crippen MR) is 105 cm³/mol. The van der Waals surface area contributed by atoms with E-state index in [0.717, 1.165) is 5.56 Å². The van der Waals surface area contributed by atoms with E-state index >= 15 is 0 Å². The van der Waals surface area contributed by atoms with Gasteiger partial charge < -0.3 is 20.1 Å². The van der Waals surface area contributed by atoms with Crippen LogP contribution in [0.4, 0.5) is 0 Å². The van der Waals surface area contributed by atoms with Crippen LogP contribution in [0.25, 0.3) is 0 Å². The molecule has 2 rings (SSSR count). The fraction of sp³-hybridized carbons (Fsp3) is 0.300. The maximum absolute atomic E-state index is 12.2. The van der Waals surface area contributed by atoms with Gasteiger partial charge >= 0.3 is 0 Å². The molecule has 2 aromatic rings. The van der Waals surface area contributed by atoms with Crippen molar-refractivity contribution < 1.29 is 19.1 Å². The summed E-state index contributed by atoms with van der Waals surface area (Å²) in [5, 5.41) is 6.18. The molecule has 0 saturated carbocycles. The largest absolute Gasteiger partial charge is 0.497 e. The Balaban J connectivity index is 1.86. The van der Waals surface area contributed by atoms with Crippen LogP contribution in [0.5, 0.6) is 11.5 Å². The van der Waals surface area contributed by atoms with E-state index in [1.165, 1.54) is 0 Å². The minimum atomic E-state index is -0.269. The molecule has 7 heteroatoms. The molecule has 27 heavy (non-hydrogen) atoms. The van der Waals surface area contributed by atoms with Crippen molar-refractivity contribution in [1.82, 2.24) is 10.6 Å². The van der Waals surface area contributed by atoms with Crippen molar-refractivity contribution in [2.24, 2.45) is 0 Å². The van der Waals surface area contributed by atoms with E-state index in [9.17, 15) is 9.59 Å². The maximum Gasteiger partial charge on any atom is 0.251 e. The first kappa shape index (κ1) is 20.6. The first-order valence-electron chi connectivity index (χ1n) is 8.49. The summed E-state index contributed by atoms with van der Waals surface area (Å²) in [4.78, 5) is 24.2. The number of benzene rings is 2. The first-order valence-corrected chi connectivity index (χ1v) is 8.87. The lowest BCUT2D eigenvalue weighted by molar-refractivity contribution is -0.121. The molecule has 1 atom stereocenters. The van der Waals surface area contributed by atoms with Crippen LogP contribution in [-0.2, 0) is 4.79 Å². The molecule has 0 saturated heterocycles. The van der Waals surface area contributed by atoms with E-state index in [1.807, 2.05) is 13.0 Å². The molecule has 0 unspecified atom stereocenters. The molecule has 0 aliphatic carbocycles. The lowest BCUT2D eigenvalue weighted by Crippen LogP contribution is -2.32. The highest BCUT2D eigenvalue weighted by Crippen LogP contribution is 2.29. The number of carbonyl (C=O) groups is 2. The van der Waals surface area contributed by atoms with Crippen LogP contribution in [0.2, 0.25) is 5.02 Å². The maximum atomic E-state index is 12.2. The van der Waals surface area contributed by atoms with Crippen molar-refractivity contribution in [3.63, 3.8) is 0 Å². The molecule has 0 fully saturated rings. The monoisotopic (exact) mass is 390 g/mol. The van der Waals surface area contributed by atoms with E-state index in [-0.39, 0.29) is 30.8 Å². The van der Waals surface area contributed by atoms with Gasteiger partial charge in [-0.15, -0.1) is 0 Å². The Bertz CT molecular complexity index is 793. The van der Waals surface area contributed by atoms with E-state index in [1.54, 1.807) is 50.6 Å². The molecule has 0 aliphatic heterocycles. The Morgan fingerprint density at radius 1 is 1.07 bits per heavy atom. The summed E-state index contributed by atoms with van der Waals surface area (Å²) in [6.45, 7) is 2.09. The van der Waals surface area contributed by atoms with Gasteiger partial charge in [0.15, 0.2) is 0 Å². The van der Waals surface area contributed by atoms with Crippen LogP contribution in [-0.4, -0.2) is 32.6 Å². The molecule has 2 aromatic carbocycles. The smallest absolute Gasteiger partial charge is 0.251 e. The molecule has 144 valence electrons. The third-order valence-electron chi connectivity index (χ3n) is 4.02. The van der Waals surface area contributed by atoms with Gasteiger partial charge in [-0.25, -0.2) is 0 Å². The highest BCUT2D eigenvalue weighted by atomic mass is 35.5. The topological polar surface area (TPSA) is 76.7 Å². The molecular formula is C20H23ClN2O4. The summed E-state index contributed by atoms with van der Waals surface area (Å²) in [6, 6.07) is 11.7. The zero-order valence-electron chi connectivity index (χ0n) is 15.5. The minimum absolute atomic E-state index is 0.163. The summed E-state index contributed by atoms with van der Waals surface area (Å²) < 4.78 is 10.6. The highest BCUT2D eigenvalue weighted by Gasteiger charge is 2.15. The molecule has 6 nitrogen and oxygen atoms in total. The molecule has 0 heterocycles. The molecule has 2 amide bonds. The Labute approximate surface area is 163 Å². The van der Waals surface area contributed by atoms with E-state index in [2.05, 4.69) is 10.6 Å². The third kappa shape index (κ3) is 5.89. The molecular weight excluding hydrogens is 368 g/mol. The Morgan fingerprint density at radius 2 is 1.78 bits per heavy atom. The second kappa shape index (κ2) is 9.83. The quantitative estimate of drug-likeness (QED) is 0.724. The zero-order chi connectivity index (χ0) is 19.8. The van der Waals surface area contributed by atoms with Gasteiger partial charge in [-0.3, -0.25) is 9.59 Å². The van der Waals surface area contributed by atoms with E-state index in [0.29, 0.717) is 22.1 Å². The lowest BCUT2D eigenvalue weighted by atomic mass is 10.1. The van der Waals surface area contributed by atoms with Crippen LogP contribution in [0.15, 0.2) is 42.5 Å². The third-order valence-corrected chi connectivity index (χ3v) is 4.28. The molecule has 0 bridgehead atoms. The van der Waals surface area contributed by atoms with Gasteiger partial charge in [0.25, 0.3) is 5.91 Å². The van der Waals surface area contributed by atoms with Gasteiger partial charge in [0.2, 0.25) is 5.91 Å². The number of hydrogen-bond acceptors (Lipinski definition) is 4. The SMILES string of the molecule is COc1ccc(OC)c([C@H](C)NC(=O)CCNC(=O)c2ccc(Cl)cc2)c1. The van der Waals surface area contributed by atoms with Gasteiger partial charge in [0, 0.05) is 29.1 Å². The first-order chi connectivity index (χ1) is 12.9. The van der Waals surface area contributed by atoms with Crippen LogP contribution < -0.4 is 20.1 Å². The average Bonchev–Trinajstić information content (AvgIpc) is 2.67. The summed E-state index contributed by atoms with van der Waals surface area (Å²) in [5.41, 5.74) is 1.31. The Hall–Kier alpha value is -2.73. The van der Waals surface area contributed by atoms with Crippen LogP contribution in [0, 0.1) is 0 Å². The second-order valence-electron chi connectivity index (χ2n) is 5.91. The van der Waals surface area contributed by atoms with Crippen molar-refractivity contribution in [1.29, 1.82) is 0 Å². The summed E-state index contributed by atoms with van der Waals surface area (Å²) in [7, 11) is 3.16. The predicted octanol–water partition coefficient (Wildman–Crippen LogP) is 3.35. The summed E-state index contributed by atoms with van der Waals surface area (Å²) in [6.07, 6.45) is 0.163. The number of halogens is 1. The molecule has 0 aromatic heterocycles. The zero-order valence-corrected chi connectivity index (χ0v) is 16.3. The van der Waals surface area contributed by atoms with Gasteiger partial charge in [-0.1, -0.05) is 11.6 Å². The fourth-order valence-electron chi connectivity index (χ4n) is 2.56. The van der Waals surface area contributed by atoms with Gasteiger partial charge in [0.1, 0.15) is 11.5 Å². The number of nitrogens with one attached hydrogen (secondary N) is 2. The normalized spacial score (nSPS) is 11.4. The summed E-state index contributed by atoms with van der Waals surface area (Å²) in [5.74, 6) is 0.924. The van der Waals surface area contributed by atoms with E-state index in [4.69, 9.17) is 21.1 Å². The van der Waals surface area contributed by atoms with Crippen molar-refractivity contribution >= 4 is 23.4 Å². The molecule has 0 aliphatic rings. The standard InChI is InChI=1S/C20H23ClN2O4/c1-13(17-12-16(26-2)8-9-18(17)27-3)23-19(24)10-11-22-20(25)14-4-6-15(21)7-5-14/h4-9,12-13H,10-11H2,1-3H3,(H,22,25)(H,23,24)/t13-/m0/s1. The summed E-state index contributed by atoms with van der Waals surface area (Å²) >= 11 is 5.80. The van der Waals surface area contributed by atoms with Gasteiger partial charge in [0.05, 0.1) is 20.3 Å². The van der Waals surface area contributed by atoms with Crippen molar-refractivity contribution in [2.45, 2.75) is 19.4 Å². The van der Waals surface area contributed by atoms with Crippen LogP contribution in [0.3, 0.4) is 0 Å². The Kier molecular flexibility index (Phi) is 7.49. The fourth-order valence-corrected chi connectivity index (χ4v) is 2.69. The van der Waals surface area contributed by atoms with Crippen molar-refractivity contribution in [2.75, 3.05) is 20.8 Å². The molecule has 2 N–H and O–H groups in total. The number of hydrogen-bond donors (Lipinski definition) is 2. The van der Waals surface area contributed by atoms with Crippen LogP contribution >= 0.6 is 11.6 Å². The number of ether oxygens (including phenoxy) is 2. The lowest BCUT2D eigenvalue weighted by Gasteiger charge is -2.18. The van der Waals surface area contributed by atoms with Gasteiger partial charge in [-0.05, 0) is 49.4 Å². The number of carbonyl (C=O) groups excluding carboxylic acids is 2. The number of methoxy groups -OCH3 is 2. The van der Waals surface area contributed by atoms with Crippen LogP contribution in [0.1, 0.15) is 35.3 Å². The highest BCUT2D eigenvalue weighted by molar-refractivity contribution is 6.30. The van der Waals surface area contributed by atoms with Crippen molar-refractivity contribution in [3.8, 4) is 11.5 Å². The minimum Gasteiger partial charge on any atom is -0.497 e. The number of amides is 2. The Morgan fingerprint density at radius 3 is 2.41 bits per heavy atom. The van der Waals surface area contributed by atoms with E-state index < -0.39 is 0 Å². The molecule has 0 radical (unpaired) electrons.